The third-order valence-corrected chi connectivity index (χ3v) is 2.36. The van der Waals surface area contributed by atoms with Gasteiger partial charge in [-0.3, -0.25) is 4.79 Å². The molecule has 3 nitrogen and oxygen atoms in total. The van der Waals surface area contributed by atoms with Crippen molar-refractivity contribution in [2.24, 2.45) is 11.7 Å². The Morgan fingerprint density at radius 2 is 2.46 bits per heavy atom. The van der Waals surface area contributed by atoms with Gasteiger partial charge in [-0.2, -0.15) is 0 Å². The number of hydrogen-bond donors (Lipinski definition) is 2. The van der Waals surface area contributed by atoms with Crippen LogP contribution in [0, 0.1) is 5.92 Å². The Morgan fingerprint density at radius 3 is 3.00 bits per heavy atom. The van der Waals surface area contributed by atoms with E-state index in [1.165, 1.54) is 6.42 Å². The molecule has 0 saturated heterocycles. The predicted molar refractivity (Wildman–Crippen MR) is 53.1 cm³/mol. The van der Waals surface area contributed by atoms with E-state index in [0.717, 1.165) is 19.4 Å². The monoisotopic (exact) mass is 182 g/mol. The molecule has 2 atom stereocenters. The van der Waals surface area contributed by atoms with E-state index in [1.54, 1.807) is 6.92 Å². The molecule has 0 heterocycles. The van der Waals surface area contributed by atoms with Gasteiger partial charge in [0.05, 0.1) is 6.04 Å². The van der Waals surface area contributed by atoms with Crippen LogP contribution in [0.15, 0.2) is 12.2 Å². The van der Waals surface area contributed by atoms with E-state index in [0.29, 0.717) is 5.92 Å². The van der Waals surface area contributed by atoms with Gasteiger partial charge in [-0.15, -0.1) is 0 Å². The number of carbonyl (C=O) groups excluding carboxylic acids is 1. The van der Waals surface area contributed by atoms with E-state index in [1.807, 2.05) is 0 Å². The minimum absolute atomic E-state index is 0.0467. The van der Waals surface area contributed by atoms with Crippen LogP contribution in [0.5, 0.6) is 0 Å². The second-order valence-corrected chi connectivity index (χ2v) is 3.68. The third kappa shape index (κ3) is 3.59. The summed E-state index contributed by atoms with van der Waals surface area (Å²) in [6, 6.07) is -0.390. The molecular weight excluding hydrogens is 164 g/mol. The standard InChI is InChI=1S/C10H18N2O/c1-8(11)10(13)12-7-9-5-3-2-4-6-9/h2-3,8-9H,4-7,11H2,1H3,(H,12,13)/t8-,9?/m0/s1. The van der Waals surface area contributed by atoms with E-state index in [9.17, 15) is 4.79 Å². The predicted octanol–water partition coefficient (Wildman–Crippen LogP) is 0.806. The quantitative estimate of drug-likeness (QED) is 0.634. The van der Waals surface area contributed by atoms with Gasteiger partial charge >= 0.3 is 0 Å². The van der Waals surface area contributed by atoms with Gasteiger partial charge < -0.3 is 11.1 Å². The maximum Gasteiger partial charge on any atom is 0.236 e. The highest BCUT2D eigenvalue weighted by molar-refractivity contribution is 5.80. The summed E-state index contributed by atoms with van der Waals surface area (Å²) in [6.45, 7) is 2.47. The summed E-state index contributed by atoms with van der Waals surface area (Å²) in [6.07, 6.45) is 7.78. The number of rotatable bonds is 3. The molecule has 0 aromatic heterocycles. The third-order valence-electron chi connectivity index (χ3n) is 2.36. The summed E-state index contributed by atoms with van der Waals surface area (Å²) in [5.74, 6) is 0.558. The van der Waals surface area contributed by atoms with E-state index in [2.05, 4.69) is 17.5 Å². The molecule has 0 aliphatic heterocycles. The fraction of sp³-hybridized carbons (Fsp3) is 0.700. The zero-order valence-electron chi connectivity index (χ0n) is 8.12. The maximum absolute atomic E-state index is 11.1. The van der Waals surface area contributed by atoms with Crippen molar-refractivity contribution in [1.29, 1.82) is 0 Å². The number of hydrogen-bond acceptors (Lipinski definition) is 2. The Morgan fingerprint density at radius 1 is 1.69 bits per heavy atom. The summed E-state index contributed by atoms with van der Waals surface area (Å²) < 4.78 is 0. The first-order valence-corrected chi connectivity index (χ1v) is 4.88. The Kier molecular flexibility index (Phi) is 3.96. The summed E-state index contributed by atoms with van der Waals surface area (Å²) >= 11 is 0. The Labute approximate surface area is 79.4 Å². The summed E-state index contributed by atoms with van der Waals surface area (Å²) in [7, 11) is 0. The minimum Gasteiger partial charge on any atom is -0.354 e. The van der Waals surface area contributed by atoms with Crippen molar-refractivity contribution in [1.82, 2.24) is 5.32 Å². The van der Waals surface area contributed by atoms with Gasteiger partial charge in [0.2, 0.25) is 5.91 Å². The average Bonchev–Trinajstić information content (AvgIpc) is 2.15. The molecule has 0 saturated carbocycles. The molecule has 74 valence electrons. The summed E-state index contributed by atoms with van der Waals surface area (Å²) in [4.78, 5) is 11.1. The van der Waals surface area contributed by atoms with Crippen molar-refractivity contribution in [2.45, 2.75) is 32.2 Å². The molecule has 1 rings (SSSR count). The Bertz CT molecular complexity index is 199. The molecule has 0 radical (unpaired) electrons. The molecule has 0 fully saturated rings. The molecule has 1 amide bonds. The van der Waals surface area contributed by atoms with Crippen LogP contribution in [0.4, 0.5) is 0 Å². The lowest BCUT2D eigenvalue weighted by Gasteiger charge is -2.18. The van der Waals surface area contributed by atoms with Crippen molar-refractivity contribution in [3.63, 3.8) is 0 Å². The van der Waals surface area contributed by atoms with Crippen LogP contribution in [0.2, 0.25) is 0 Å². The van der Waals surface area contributed by atoms with Crippen LogP contribution in [0.25, 0.3) is 0 Å². The first-order valence-electron chi connectivity index (χ1n) is 4.88. The molecule has 0 bridgehead atoms. The van der Waals surface area contributed by atoms with Gasteiger partial charge in [0.25, 0.3) is 0 Å². The molecule has 1 aliphatic rings. The molecule has 3 N–H and O–H groups in total. The SMILES string of the molecule is C[C@H](N)C(=O)NCC1CC=CCC1. The van der Waals surface area contributed by atoms with Crippen molar-refractivity contribution in [2.75, 3.05) is 6.54 Å². The van der Waals surface area contributed by atoms with Crippen LogP contribution in [-0.4, -0.2) is 18.5 Å². The van der Waals surface area contributed by atoms with Gasteiger partial charge in [0.1, 0.15) is 0 Å². The van der Waals surface area contributed by atoms with Crippen LogP contribution in [0.1, 0.15) is 26.2 Å². The second kappa shape index (κ2) is 5.02. The zero-order chi connectivity index (χ0) is 9.68. The highest BCUT2D eigenvalue weighted by Gasteiger charge is 2.12. The molecular formula is C10H18N2O. The number of nitrogens with one attached hydrogen (secondary N) is 1. The molecule has 1 aliphatic carbocycles. The normalized spacial score (nSPS) is 24.0. The minimum atomic E-state index is -0.390. The Balaban J connectivity index is 2.18. The molecule has 3 heteroatoms. The van der Waals surface area contributed by atoms with Crippen LogP contribution >= 0.6 is 0 Å². The second-order valence-electron chi connectivity index (χ2n) is 3.68. The van der Waals surface area contributed by atoms with E-state index >= 15 is 0 Å². The maximum atomic E-state index is 11.1. The lowest BCUT2D eigenvalue weighted by atomic mass is 9.94. The highest BCUT2D eigenvalue weighted by Crippen LogP contribution is 2.16. The smallest absolute Gasteiger partial charge is 0.236 e. The lowest BCUT2D eigenvalue weighted by molar-refractivity contribution is -0.122. The average molecular weight is 182 g/mol. The summed E-state index contributed by atoms with van der Waals surface area (Å²) in [5.41, 5.74) is 5.43. The Hall–Kier alpha value is -0.830. The number of allylic oxidation sites excluding steroid dienone is 2. The number of nitrogens with two attached hydrogens (primary N) is 1. The topological polar surface area (TPSA) is 55.1 Å². The summed E-state index contributed by atoms with van der Waals surface area (Å²) in [5, 5.41) is 2.85. The molecule has 0 aromatic rings. The molecule has 1 unspecified atom stereocenters. The van der Waals surface area contributed by atoms with E-state index in [4.69, 9.17) is 5.73 Å². The van der Waals surface area contributed by atoms with Gasteiger partial charge in [0, 0.05) is 6.54 Å². The number of carbonyl (C=O) groups is 1. The molecule has 0 aromatic carbocycles. The number of amides is 1. The van der Waals surface area contributed by atoms with Crippen LogP contribution in [0.3, 0.4) is 0 Å². The molecule has 0 spiro atoms. The van der Waals surface area contributed by atoms with Gasteiger partial charge in [-0.25, -0.2) is 0 Å². The van der Waals surface area contributed by atoms with Crippen LogP contribution < -0.4 is 11.1 Å². The van der Waals surface area contributed by atoms with E-state index in [-0.39, 0.29) is 11.9 Å². The van der Waals surface area contributed by atoms with Gasteiger partial charge in [0.15, 0.2) is 0 Å². The van der Waals surface area contributed by atoms with Gasteiger partial charge in [-0.1, -0.05) is 12.2 Å². The van der Waals surface area contributed by atoms with Crippen molar-refractivity contribution < 1.29 is 4.79 Å². The fourth-order valence-corrected chi connectivity index (χ4v) is 1.45. The zero-order valence-corrected chi connectivity index (χ0v) is 8.12. The highest BCUT2D eigenvalue weighted by atomic mass is 16.2. The van der Waals surface area contributed by atoms with Gasteiger partial charge in [-0.05, 0) is 32.1 Å². The van der Waals surface area contributed by atoms with Crippen LogP contribution in [-0.2, 0) is 4.79 Å². The largest absolute Gasteiger partial charge is 0.354 e. The van der Waals surface area contributed by atoms with Crippen molar-refractivity contribution >= 4 is 5.91 Å². The first kappa shape index (κ1) is 10.3. The fourth-order valence-electron chi connectivity index (χ4n) is 1.45. The van der Waals surface area contributed by atoms with Crippen molar-refractivity contribution in [3.05, 3.63) is 12.2 Å². The first-order chi connectivity index (χ1) is 6.20. The molecule has 13 heavy (non-hydrogen) atoms. The van der Waals surface area contributed by atoms with E-state index < -0.39 is 0 Å². The van der Waals surface area contributed by atoms with Crippen molar-refractivity contribution in [3.8, 4) is 0 Å². The lowest BCUT2D eigenvalue weighted by Crippen LogP contribution is -2.40.